The number of hydrogen-bond acceptors (Lipinski definition) is 4. The molecule has 1 amide bonds. The average Bonchev–Trinajstić information content (AvgIpc) is 2.45. The molecule has 0 aromatic heterocycles. The topological polar surface area (TPSA) is 59.6 Å². The maximum Gasteiger partial charge on any atom is 0.221 e. The van der Waals surface area contributed by atoms with Crippen LogP contribution in [0, 0.1) is 0 Å². The van der Waals surface area contributed by atoms with Crippen molar-refractivity contribution in [3.63, 3.8) is 0 Å². The summed E-state index contributed by atoms with van der Waals surface area (Å²) in [5.74, 6) is 0.705. The average molecular weight is 299 g/mol. The highest BCUT2D eigenvalue weighted by Crippen LogP contribution is 2.16. The minimum absolute atomic E-state index is 0.00249. The van der Waals surface area contributed by atoms with Crippen molar-refractivity contribution in [3.8, 4) is 5.75 Å². The maximum atomic E-state index is 11.7. The van der Waals surface area contributed by atoms with Crippen LogP contribution in [0.2, 0.25) is 5.02 Å². The van der Waals surface area contributed by atoms with Gasteiger partial charge in [-0.3, -0.25) is 4.79 Å². The van der Waals surface area contributed by atoms with Crippen LogP contribution < -0.4 is 15.4 Å². The van der Waals surface area contributed by atoms with Crippen LogP contribution in [-0.4, -0.2) is 44.9 Å². The number of amides is 1. The van der Waals surface area contributed by atoms with E-state index in [-0.39, 0.29) is 11.9 Å². The van der Waals surface area contributed by atoms with Crippen molar-refractivity contribution in [3.05, 3.63) is 29.3 Å². The summed E-state index contributed by atoms with van der Waals surface area (Å²) in [6, 6.07) is 7.29. The first-order valence-corrected chi connectivity index (χ1v) is 7.08. The lowest BCUT2D eigenvalue weighted by Gasteiger charge is -2.23. The molecule has 1 unspecified atom stereocenters. The monoisotopic (exact) mass is 298 g/mol. The van der Waals surface area contributed by atoms with Gasteiger partial charge in [0.15, 0.2) is 0 Å². The van der Waals surface area contributed by atoms with Gasteiger partial charge in [0.2, 0.25) is 5.91 Å². The van der Waals surface area contributed by atoms with E-state index in [2.05, 4.69) is 10.6 Å². The Morgan fingerprint density at radius 2 is 2.45 bits per heavy atom. The number of carbonyl (C=O) groups excluding carboxylic acids is 1. The number of halogens is 1. The van der Waals surface area contributed by atoms with Crippen molar-refractivity contribution in [2.45, 2.75) is 12.5 Å². The third-order valence-corrected chi connectivity index (χ3v) is 3.15. The van der Waals surface area contributed by atoms with E-state index >= 15 is 0 Å². The third-order valence-electron chi connectivity index (χ3n) is 2.92. The third kappa shape index (κ3) is 5.36. The predicted octanol–water partition coefficient (Wildman–Crippen LogP) is 1.21. The Labute approximate surface area is 123 Å². The second-order valence-corrected chi connectivity index (χ2v) is 5.02. The lowest BCUT2D eigenvalue weighted by Crippen LogP contribution is -2.44. The highest BCUT2D eigenvalue weighted by molar-refractivity contribution is 6.30. The second kappa shape index (κ2) is 8.09. The van der Waals surface area contributed by atoms with Crippen LogP contribution in [0.3, 0.4) is 0 Å². The summed E-state index contributed by atoms with van der Waals surface area (Å²) < 4.78 is 10.8. The van der Waals surface area contributed by atoms with Gasteiger partial charge in [-0.1, -0.05) is 17.7 Å². The number of benzene rings is 1. The number of hydrogen-bond donors (Lipinski definition) is 2. The van der Waals surface area contributed by atoms with Crippen molar-refractivity contribution in [1.82, 2.24) is 10.6 Å². The fourth-order valence-corrected chi connectivity index (χ4v) is 2.14. The van der Waals surface area contributed by atoms with E-state index in [4.69, 9.17) is 21.1 Å². The van der Waals surface area contributed by atoms with Gasteiger partial charge < -0.3 is 20.1 Å². The van der Waals surface area contributed by atoms with Crippen LogP contribution in [0.4, 0.5) is 0 Å². The van der Waals surface area contributed by atoms with Crippen LogP contribution in [0.5, 0.6) is 5.75 Å². The van der Waals surface area contributed by atoms with E-state index in [1.807, 2.05) is 12.1 Å². The van der Waals surface area contributed by atoms with Crippen molar-refractivity contribution < 1.29 is 14.3 Å². The molecule has 0 bridgehead atoms. The van der Waals surface area contributed by atoms with E-state index in [0.717, 1.165) is 6.54 Å². The quantitative estimate of drug-likeness (QED) is 0.775. The largest absolute Gasteiger partial charge is 0.492 e. The molecule has 0 aliphatic carbocycles. The van der Waals surface area contributed by atoms with Gasteiger partial charge in [0.1, 0.15) is 12.4 Å². The molecule has 1 aromatic carbocycles. The molecule has 20 heavy (non-hydrogen) atoms. The molecule has 1 fully saturated rings. The van der Waals surface area contributed by atoms with E-state index < -0.39 is 0 Å². The van der Waals surface area contributed by atoms with Gasteiger partial charge in [-0.2, -0.15) is 0 Å². The molecule has 2 N–H and O–H groups in total. The summed E-state index contributed by atoms with van der Waals surface area (Å²) >= 11 is 5.85. The Kier molecular flexibility index (Phi) is 6.11. The maximum absolute atomic E-state index is 11.7. The Balaban J connectivity index is 1.59. The second-order valence-electron chi connectivity index (χ2n) is 4.59. The summed E-state index contributed by atoms with van der Waals surface area (Å²) in [6.07, 6.45) is 0.428. The molecular formula is C14H19ClN2O3. The molecule has 1 saturated heterocycles. The van der Waals surface area contributed by atoms with Crippen LogP contribution in [0.15, 0.2) is 24.3 Å². The van der Waals surface area contributed by atoms with Gasteiger partial charge in [-0.05, 0) is 18.2 Å². The van der Waals surface area contributed by atoms with Gasteiger partial charge in [-0.25, -0.2) is 0 Å². The van der Waals surface area contributed by atoms with Gasteiger partial charge in [0, 0.05) is 24.0 Å². The minimum Gasteiger partial charge on any atom is -0.492 e. The first-order valence-electron chi connectivity index (χ1n) is 6.70. The smallest absolute Gasteiger partial charge is 0.221 e. The number of morpholine rings is 1. The van der Waals surface area contributed by atoms with Crippen LogP contribution in [0.1, 0.15) is 6.42 Å². The molecule has 0 saturated carbocycles. The first kappa shape index (κ1) is 15.1. The molecule has 6 heteroatoms. The normalized spacial score (nSPS) is 18.6. The van der Waals surface area contributed by atoms with Crippen LogP contribution >= 0.6 is 11.6 Å². The van der Waals surface area contributed by atoms with Crippen LogP contribution in [-0.2, 0) is 9.53 Å². The Morgan fingerprint density at radius 1 is 1.55 bits per heavy atom. The van der Waals surface area contributed by atoms with Crippen molar-refractivity contribution >= 4 is 17.5 Å². The molecule has 0 radical (unpaired) electrons. The zero-order chi connectivity index (χ0) is 14.2. The zero-order valence-corrected chi connectivity index (χ0v) is 12.0. The highest BCUT2D eigenvalue weighted by Gasteiger charge is 2.16. The summed E-state index contributed by atoms with van der Waals surface area (Å²) in [5.41, 5.74) is 0. The fourth-order valence-electron chi connectivity index (χ4n) is 1.96. The van der Waals surface area contributed by atoms with E-state index in [9.17, 15) is 4.79 Å². The van der Waals surface area contributed by atoms with E-state index in [1.54, 1.807) is 12.1 Å². The molecular weight excluding hydrogens is 280 g/mol. The Morgan fingerprint density at radius 3 is 3.20 bits per heavy atom. The zero-order valence-electron chi connectivity index (χ0n) is 11.2. The first-order chi connectivity index (χ1) is 9.74. The Bertz CT molecular complexity index is 436. The standard InChI is InChI=1S/C14H19ClN2O3/c15-11-2-1-3-13(8-11)20-7-5-17-14(18)9-12-10-19-6-4-16-12/h1-3,8,12,16H,4-7,9-10H2,(H,17,18). The summed E-state index contributed by atoms with van der Waals surface area (Å²) in [6.45, 7) is 2.99. The van der Waals surface area contributed by atoms with E-state index in [1.165, 1.54) is 0 Å². The minimum atomic E-state index is 0.00249. The van der Waals surface area contributed by atoms with Gasteiger partial charge in [-0.15, -0.1) is 0 Å². The summed E-state index contributed by atoms with van der Waals surface area (Å²) in [5, 5.41) is 6.70. The number of ether oxygens (including phenoxy) is 2. The fraction of sp³-hybridized carbons (Fsp3) is 0.500. The molecule has 1 aromatic rings. The molecule has 1 heterocycles. The van der Waals surface area contributed by atoms with Gasteiger partial charge in [0.05, 0.1) is 19.8 Å². The summed E-state index contributed by atoms with van der Waals surface area (Å²) in [7, 11) is 0. The van der Waals surface area contributed by atoms with Crippen molar-refractivity contribution in [1.29, 1.82) is 0 Å². The molecule has 1 aliphatic heterocycles. The predicted molar refractivity (Wildman–Crippen MR) is 77.2 cm³/mol. The van der Waals surface area contributed by atoms with Crippen LogP contribution in [0.25, 0.3) is 0 Å². The summed E-state index contributed by atoms with van der Waals surface area (Å²) in [4.78, 5) is 11.7. The van der Waals surface area contributed by atoms with Crippen molar-refractivity contribution in [2.24, 2.45) is 0 Å². The molecule has 110 valence electrons. The van der Waals surface area contributed by atoms with Gasteiger partial charge in [0.25, 0.3) is 0 Å². The molecule has 1 aliphatic rings. The Hall–Kier alpha value is -1.30. The number of carbonyl (C=O) groups is 1. The van der Waals surface area contributed by atoms with Crippen molar-refractivity contribution in [2.75, 3.05) is 32.9 Å². The molecule has 0 spiro atoms. The number of nitrogens with one attached hydrogen (secondary N) is 2. The van der Waals surface area contributed by atoms with E-state index in [0.29, 0.717) is 43.6 Å². The molecule has 5 nitrogen and oxygen atoms in total. The highest BCUT2D eigenvalue weighted by atomic mass is 35.5. The molecule has 1 atom stereocenters. The number of rotatable bonds is 6. The molecule has 2 rings (SSSR count). The lowest BCUT2D eigenvalue weighted by atomic mass is 10.2. The van der Waals surface area contributed by atoms with Gasteiger partial charge >= 0.3 is 0 Å². The lowest BCUT2D eigenvalue weighted by molar-refractivity contribution is -0.122. The SMILES string of the molecule is O=C(CC1COCCN1)NCCOc1cccc(Cl)c1.